The quantitative estimate of drug-likeness (QED) is 0.723. The van der Waals surface area contributed by atoms with Crippen LogP contribution in [0.4, 0.5) is 17.2 Å². The van der Waals surface area contributed by atoms with Crippen LogP contribution < -0.4 is 4.90 Å². The molecule has 0 radical (unpaired) electrons. The Bertz CT molecular complexity index is 752. The predicted molar refractivity (Wildman–Crippen MR) is 82.2 cm³/mol. The van der Waals surface area contributed by atoms with Gasteiger partial charge in [-0.25, -0.2) is 4.99 Å². The Balaban J connectivity index is 1.82. The highest BCUT2D eigenvalue weighted by atomic mass is 15.2. The van der Waals surface area contributed by atoms with Gasteiger partial charge in [-0.2, -0.15) is 0 Å². The molecule has 3 heterocycles. The van der Waals surface area contributed by atoms with Gasteiger partial charge in [-0.15, -0.1) is 0 Å². The van der Waals surface area contributed by atoms with Crippen LogP contribution in [0.2, 0.25) is 0 Å². The lowest BCUT2D eigenvalue weighted by Gasteiger charge is -2.25. The highest BCUT2D eigenvalue weighted by molar-refractivity contribution is 5.90. The fraction of sp³-hybridized carbons (Fsp3) is 0.0625. The van der Waals surface area contributed by atoms with Crippen molar-refractivity contribution in [2.75, 3.05) is 11.4 Å². The number of H-pyrrole nitrogens is 2. The topological polar surface area (TPSA) is 47.2 Å². The Morgan fingerprint density at radius 3 is 2.80 bits per heavy atom. The van der Waals surface area contributed by atoms with Crippen molar-refractivity contribution >= 4 is 23.4 Å². The van der Waals surface area contributed by atoms with Crippen molar-refractivity contribution in [2.45, 2.75) is 0 Å². The highest BCUT2D eigenvalue weighted by Crippen LogP contribution is 2.39. The fourth-order valence-corrected chi connectivity index (χ4v) is 2.64. The van der Waals surface area contributed by atoms with Gasteiger partial charge >= 0.3 is 0 Å². The largest absolute Gasteiger partial charge is 0.365 e. The fourth-order valence-electron chi connectivity index (χ4n) is 2.64. The molecular formula is C16H14N4. The molecule has 98 valence electrons. The van der Waals surface area contributed by atoms with Crippen molar-refractivity contribution in [3.63, 3.8) is 0 Å². The third-order valence-corrected chi connectivity index (χ3v) is 3.58. The molecule has 0 atom stereocenters. The summed E-state index contributed by atoms with van der Waals surface area (Å²) in [6.07, 6.45) is 7.94. The first-order chi connectivity index (χ1) is 9.93. The van der Waals surface area contributed by atoms with Crippen LogP contribution in [0.1, 0.15) is 0 Å². The third-order valence-electron chi connectivity index (χ3n) is 3.58. The standard InChI is InChI=1S/C16H14N4/c1-2-4-12(5-3-1)13-10-17-11-15(13)20-9-8-19-16-14(20)6-7-18-16/h1-8,10-11,17-18H,9H2. The van der Waals surface area contributed by atoms with Gasteiger partial charge in [0, 0.05) is 30.4 Å². The summed E-state index contributed by atoms with van der Waals surface area (Å²) in [4.78, 5) is 13.0. The molecule has 3 aromatic rings. The van der Waals surface area contributed by atoms with Crippen LogP contribution in [0.25, 0.3) is 11.1 Å². The zero-order chi connectivity index (χ0) is 13.4. The van der Waals surface area contributed by atoms with Gasteiger partial charge in [-0.3, -0.25) is 0 Å². The third kappa shape index (κ3) is 1.66. The van der Waals surface area contributed by atoms with Crippen LogP contribution in [-0.2, 0) is 0 Å². The Hall–Kier alpha value is -2.75. The average molecular weight is 262 g/mol. The van der Waals surface area contributed by atoms with Gasteiger partial charge in [0.15, 0.2) is 5.82 Å². The minimum atomic E-state index is 0.780. The summed E-state index contributed by atoms with van der Waals surface area (Å²) in [5.74, 6) is 0.913. The molecule has 0 spiro atoms. The molecule has 2 N–H and O–H groups in total. The van der Waals surface area contributed by atoms with E-state index in [0.29, 0.717) is 0 Å². The van der Waals surface area contributed by atoms with E-state index in [2.05, 4.69) is 50.2 Å². The number of nitrogens with one attached hydrogen (secondary N) is 2. The van der Waals surface area contributed by atoms with Crippen molar-refractivity contribution in [1.82, 2.24) is 9.97 Å². The number of aromatic nitrogens is 2. The van der Waals surface area contributed by atoms with Gasteiger partial charge in [0.05, 0.1) is 17.9 Å². The van der Waals surface area contributed by atoms with Crippen LogP contribution in [-0.4, -0.2) is 22.7 Å². The van der Waals surface area contributed by atoms with Crippen molar-refractivity contribution in [3.05, 3.63) is 55.0 Å². The second kappa shape index (κ2) is 4.42. The van der Waals surface area contributed by atoms with Crippen LogP contribution in [0, 0.1) is 0 Å². The van der Waals surface area contributed by atoms with Crippen LogP contribution >= 0.6 is 0 Å². The molecule has 0 aliphatic carbocycles. The number of benzene rings is 1. The normalized spacial score (nSPS) is 13.5. The van der Waals surface area contributed by atoms with E-state index in [1.54, 1.807) is 0 Å². The lowest BCUT2D eigenvalue weighted by atomic mass is 10.1. The number of aromatic amines is 2. The number of fused-ring (bicyclic) bond motifs is 1. The van der Waals surface area contributed by atoms with Gasteiger partial charge in [0.1, 0.15) is 0 Å². The first-order valence-corrected chi connectivity index (χ1v) is 6.63. The lowest BCUT2D eigenvalue weighted by molar-refractivity contribution is 1.11. The minimum Gasteiger partial charge on any atom is -0.365 e. The summed E-state index contributed by atoms with van der Waals surface area (Å²) >= 11 is 0. The van der Waals surface area contributed by atoms with Crippen LogP contribution in [0.3, 0.4) is 0 Å². The van der Waals surface area contributed by atoms with Gasteiger partial charge in [-0.1, -0.05) is 30.3 Å². The molecule has 20 heavy (non-hydrogen) atoms. The monoisotopic (exact) mass is 262 g/mol. The Kier molecular flexibility index (Phi) is 2.45. The molecule has 4 heteroatoms. The second-order valence-electron chi connectivity index (χ2n) is 4.75. The molecule has 0 fully saturated rings. The van der Waals surface area contributed by atoms with Gasteiger partial charge < -0.3 is 14.9 Å². The maximum Gasteiger partial charge on any atom is 0.153 e. The van der Waals surface area contributed by atoms with Gasteiger partial charge in [0.25, 0.3) is 0 Å². The maximum absolute atomic E-state index is 4.38. The van der Waals surface area contributed by atoms with Crippen LogP contribution in [0.5, 0.6) is 0 Å². The molecule has 4 nitrogen and oxygen atoms in total. The first kappa shape index (κ1) is 11.1. The molecule has 1 aromatic carbocycles. The minimum absolute atomic E-state index is 0.780. The average Bonchev–Trinajstić information content (AvgIpc) is 3.16. The molecule has 0 saturated carbocycles. The van der Waals surface area contributed by atoms with E-state index in [-0.39, 0.29) is 0 Å². The number of hydrogen-bond acceptors (Lipinski definition) is 2. The van der Waals surface area contributed by atoms with E-state index in [1.165, 1.54) is 16.8 Å². The van der Waals surface area contributed by atoms with Crippen molar-refractivity contribution in [2.24, 2.45) is 4.99 Å². The van der Waals surface area contributed by atoms with Crippen molar-refractivity contribution in [3.8, 4) is 11.1 Å². The number of nitrogens with zero attached hydrogens (tertiary/aromatic N) is 2. The zero-order valence-corrected chi connectivity index (χ0v) is 10.9. The summed E-state index contributed by atoms with van der Waals surface area (Å²) in [6, 6.07) is 12.5. The van der Waals surface area contributed by atoms with E-state index in [4.69, 9.17) is 0 Å². The van der Waals surface area contributed by atoms with Gasteiger partial charge in [0.2, 0.25) is 0 Å². The Labute approximate surface area is 116 Å². The Morgan fingerprint density at radius 2 is 1.90 bits per heavy atom. The van der Waals surface area contributed by atoms with Crippen LogP contribution in [0.15, 0.2) is 60.0 Å². The molecule has 1 aliphatic rings. The first-order valence-electron chi connectivity index (χ1n) is 6.63. The summed E-state index contributed by atoms with van der Waals surface area (Å²) in [7, 11) is 0. The molecule has 0 saturated heterocycles. The molecule has 0 bridgehead atoms. The second-order valence-corrected chi connectivity index (χ2v) is 4.75. The lowest BCUT2D eigenvalue weighted by Crippen LogP contribution is -2.21. The molecule has 4 rings (SSSR count). The molecule has 0 unspecified atom stereocenters. The SMILES string of the molecule is C1=Nc2[nH]ccc2N(c2c[nH]cc2-c2ccccc2)C1. The maximum atomic E-state index is 4.38. The number of hydrogen-bond donors (Lipinski definition) is 2. The zero-order valence-electron chi connectivity index (χ0n) is 10.9. The summed E-state index contributed by atoms with van der Waals surface area (Å²) in [5, 5.41) is 0. The summed E-state index contributed by atoms with van der Waals surface area (Å²) < 4.78 is 0. The molecule has 1 aliphatic heterocycles. The van der Waals surface area contributed by atoms with E-state index in [9.17, 15) is 0 Å². The Morgan fingerprint density at radius 1 is 1.00 bits per heavy atom. The van der Waals surface area contributed by atoms with Crippen molar-refractivity contribution in [1.29, 1.82) is 0 Å². The van der Waals surface area contributed by atoms with E-state index in [0.717, 1.165) is 18.1 Å². The molecule has 2 aromatic heterocycles. The number of anilines is 2. The van der Waals surface area contributed by atoms with Gasteiger partial charge in [-0.05, 0) is 11.6 Å². The number of rotatable bonds is 2. The highest BCUT2D eigenvalue weighted by Gasteiger charge is 2.20. The van der Waals surface area contributed by atoms with E-state index < -0.39 is 0 Å². The van der Waals surface area contributed by atoms with E-state index in [1.807, 2.05) is 30.9 Å². The number of aliphatic imine (C=N–C) groups is 1. The molecule has 0 amide bonds. The predicted octanol–water partition coefficient (Wildman–Crippen LogP) is 3.86. The van der Waals surface area contributed by atoms with E-state index >= 15 is 0 Å². The summed E-state index contributed by atoms with van der Waals surface area (Å²) in [6.45, 7) is 0.780. The summed E-state index contributed by atoms with van der Waals surface area (Å²) in [5.41, 5.74) is 4.70. The smallest absolute Gasteiger partial charge is 0.153 e. The molecular weight excluding hydrogens is 248 g/mol. The van der Waals surface area contributed by atoms with Crippen molar-refractivity contribution < 1.29 is 0 Å².